The Balaban J connectivity index is 0.000000758. The third kappa shape index (κ3) is 5.44. The molecule has 140 valence electrons. The molecule has 3 rings (SSSR count). The van der Waals surface area contributed by atoms with E-state index < -0.39 is 4.92 Å². The molecule has 0 fully saturated rings. The molecule has 1 aliphatic rings. The fourth-order valence-corrected chi connectivity index (χ4v) is 2.43. The molecule has 1 heterocycles. The monoisotopic (exact) mass is 360 g/mol. The molecule has 7 heteroatoms. The Bertz CT molecular complexity index is 705. The van der Waals surface area contributed by atoms with Gasteiger partial charge in [-0.15, -0.1) is 0 Å². The van der Waals surface area contributed by atoms with E-state index in [0.29, 0.717) is 13.2 Å². The predicted molar refractivity (Wildman–Crippen MR) is 98.5 cm³/mol. The number of non-ortho nitro benzene ring substituents is 1. The van der Waals surface area contributed by atoms with Crippen LogP contribution in [0.3, 0.4) is 0 Å². The van der Waals surface area contributed by atoms with Crippen LogP contribution in [-0.2, 0) is 6.54 Å². The quantitative estimate of drug-likeness (QED) is 0.629. The molecule has 2 unspecified atom stereocenters. The van der Waals surface area contributed by atoms with Crippen LogP contribution in [0.4, 0.5) is 5.69 Å². The molecule has 0 saturated carbocycles. The fourth-order valence-electron chi connectivity index (χ4n) is 2.43. The van der Waals surface area contributed by atoms with Gasteiger partial charge in [0.1, 0.15) is 12.7 Å². The lowest BCUT2D eigenvalue weighted by molar-refractivity contribution is -0.384. The molecule has 0 amide bonds. The van der Waals surface area contributed by atoms with E-state index in [0.717, 1.165) is 17.1 Å². The van der Waals surface area contributed by atoms with E-state index in [1.165, 1.54) is 12.1 Å². The van der Waals surface area contributed by atoms with E-state index in [1.54, 1.807) is 19.1 Å². The Labute approximate surface area is 152 Å². The third-order valence-electron chi connectivity index (χ3n) is 3.86. The van der Waals surface area contributed by atoms with Crippen LogP contribution in [0.15, 0.2) is 48.5 Å². The highest BCUT2D eigenvalue weighted by atomic mass is 16.6. The van der Waals surface area contributed by atoms with Gasteiger partial charge in [0.15, 0.2) is 11.5 Å². The van der Waals surface area contributed by atoms with E-state index >= 15 is 0 Å². The molecular weight excluding hydrogens is 336 g/mol. The van der Waals surface area contributed by atoms with Gasteiger partial charge in [-0.05, 0) is 31.5 Å². The van der Waals surface area contributed by atoms with Gasteiger partial charge in [-0.1, -0.05) is 24.3 Å². The summed E-state index contributed by atoms with van der Waals surface area (Å²) >= 11 is 0. The number of aliphatic hydroxyl groups is 1. The summed E-state index contributed by atoms with van der Waals surface area (Å²) in [5, 5.41) is 21.6. The van der Waals surface area contributed by atoms with E-state index in [-0.39, 0.29) is 24.4 Å². The topological polar surface area (TPSA) is 93.9 Å². The zero-order valence-corrected chi connectivity index (χ0v) is 14.9. The minimum atomic E-state index is -0.398. The average molecular weight is 360 g/mol. The number of ether oxygens (including phenoxy) is 2. The first-order valence-corrected chi connectivity index (χ1v) is 8.51. The molecule has 7 nitrogen and oxygen atoms in total. The molecule has 2 aromatic carbocycles. The van der Waals surface area contributed by atoms with Crippen molar-refractivity contribution in [2.75, 3.05) is 13.2 Å². The highest BCUT2D eigenvalue weighted by Crippen LogP contribution is 2.31. The number of nitro benzene ring substituents is 1. The predicted octanol–water partition coefficient (Wildman–Crippen LogP) is 2.91. The molecule has 0 aromatic heterocycles. The first kappa shape index (κ1) is 19.7. The second-order valence-corrected chi connectivity index (χ2v) is 5.82. The Morgan fingerprint density at radius 3 is 2.46 bits per heavy atom. The van der Waals surface area contributed by atoms with Crippen molar-refractivity contribution in [2.24, 2.45) is 0 Å². The van der Waals surface area contributed by atoms with Gasteiger partial charge in [0, 0.05) is 31.3 Å². The van der Waals surface area contributed by atoms with Gasteiger partial charge in [-0.2, -0.15) is 0 Å². The molecule has 0 aliphatic carbocycles. The van der Waals surface area contributed by atoms with Crippen molar-refractivity contribution in [1.29, 1.82) is 0 Å². The lowest BCUT2D eigenvalue weighted by Gasteiger charge is -2.31. The van der Waals surface area contributed by atoms with Crippen LogP contribution in [0.5, 0.6) is 11.5 Å². The van der Waals surface area contributed by atoms with Gasteiger partial charge in [-0.3, -0.25) is 10.1 Å². The van der Waals surface area contributed by atoms with Crippen LogP contribution in [0.1, 0.15) is 19.4 Å². The minimum absolute atomic E-state index is 0.0806. The summed E-state index contributed by atoms with van der Waals surface area (Å²) in [4.78, 5) is 10.2. The second-order valence-electron chi connectivity index (χ2n) is 5.82. The number of fused-ring (bicyclic) bond motifs is 1. The van der Waals surface area contributed by atoms with E-state index in [2.05, 4.69) is 5.32 Å². The zero-order valence-electron chi connectivity index (χ0n) is 14.9. The van der Waals surface area contributed by atoms with Gasteiger partial charge in [-0.25, -0.2) is 0 Å². The normalized spacial score (nSPS) is 16.2. The van der Waals surface area contributed by atoms with Gasteiger partial charge in [0.2, 0.25) is 0 Å². The second kappa shape index (κ2) is 9.74. The fraction of sp³-hybridized carbons (Fsp3) is 0.368. The van der Waals surface area contributed by atoms with Crippen molar-refractivity contribution in [1.82, 2.24) is 5.32 Å². The minimum Gasteiger partial charge on any atom is -0.486 e. The first-order valence-electron chi connectivity index (χ1n) is 8.51. The van der Waals surface area contributed by atoms with Gasteiger partial charge in [0.05, 0.1) is 4.92 Å². The molecule has 0 radical (unpaired) electrons. The van der Waals surface area contributed by atoms with Crippen LogP contribution in [0, 0.1) is 10.1 Å². The van der Waals surface area contributed by atoms with Crippen molar-refractivity contribution in [3.63, 3.8) is 0 Å². The molecule has 0 bridgehead atoms. The first-order chi connectivity index (χ1) is 12.5. The molecular formula is C19H24N2O5. The lowest BCUT2D eigenvalue weighted by atomic mass is 10.1. The van der Waals surface area contributed by atoms with Gasteiger partial charge >= 0.3 is 0 Å². The maximum absolute atomic E-state index is 10.6. The number of nitro groups is 1. The van der Waals surface area contributed by atoms with E-state index in [1.807, 2.05) is 31.2 Å². The maximum atomic E-state index is 10.6. The third-order valence-corrected chi connectivity index (χ3v) is 3.86. The summed E-state index contributed by atoms with van der Waals surface area (Å²) in [6.45, 7) is 5.07. The highest BCUT2D eigenvalue weighted by molar-refractivity contribution is 5.40. The highest BCUT2D eigenvalue weighted by Gasteiger charge is 2.25. The molecule has 2 atom stereocenters. The number of hydrogen-bond donors (Lipinski definition) is 2. The molecule has 2 N–H and O–H groups in total. The summed E-state index contributed by atoms with van der Waals surface area (Å²) < 4.78 is 11.7. The Kier molecular flexibility index (Phi) is 7.37. The number of rotatable bonds is 5. The van der Waals surface area contributed by atoms with Crippen LogP contribution >= 0.6 is 0 Å². The van der Waals surface area contributed by atoms with Crippen molar-refractivity contribution in [2.45, 2.75) is 32.5 Å². The SMILES string of the molecule is CC(NCc1ccc([N+](=O)[O-])cc1)C1COc2ccccc2O1.CCO. The van der Waals surface area contributed by atoms with Crippen molar-refractivity contribution >= 4 is 5.69 Å². The number of nitrogens with zero attached hydrogens (tertiary/aromatic N) is 1. The molecule has 0 spiro atoms. The standard InChI is InChI=1S/C17H18N2O4.C2H6O/c1-12(17-11-22-15-4-2-3-5-16(15)23-17)18-10-13-6-8-14(9-7-13)19(20)21;1-2-3/h2-9,12,17-18H,10-11H2,1H3;3H,2H2,1H3. The number of aliphatic hydroxyl groups excluding tert-OH is 1. The smallest absolute Gasteiger partial charge is 0.269 e. The van der Waals surface area contributed by atoms with Crippen LogP contribution < -0.4 is 14.8 Å². The molecule has 26 heavy (non-hydrogen) atoms. The lowest BCUT2D eigenvalue weighted by Crippen LogP contribution is -2.45. The zero-order chi connectivity index (χ0) is 18.9. The number of hydrogen-bond acceptors (Lipinski definition) is 6. The van der Waals surface area contributed by atoms with Crippen molar-refractivity contribution in [3.8, 4) is 11.5 Å². The summed E-state index contributed by atoms with van der Waals surface area (Å²) in [6, 6.07) is 14.2. The van der Waals surface area contributed by atoms with Gasteiger partial charge in [0.25, 0.3) is 5.69 Å². The molecule has 0 saturated heterocycles. The average Bonchev–Trinajstić information content (AvgIpc) is 2.66. The van der Waals surface area contributed by atoms with E-state index in [9.17, 15) is 10.1 Å². The van der Waals surface area contributed by atoms with Crippen LogP contribution in [0.2, 0.25) is 0 Å². The molecule has 1 aliphatic heterocycles. The summed E-state index contributed by atoms with van der Waals surface area (Å²) in [7, 11) is 0. The summed E-state index contributed by atoms with van der Waals surface area (Å²) in [6.07, 6.45) is -0.0806. The number of nitrogens with one attached hydrogen (secondary N) is 1. The Morgan fingerprint density at radius 1 is 1.23 bits per heavy atom. The van der Waals surface area contributed by atoms with E-state index in [4.69, 9.17) is 14.6 Å². The number of benzene rings is 2. The van der Waals surface area contributed by atoms with Gasteiger partial charge < -0.3 is 19.9 Å². The van der Waals surface area contributed by atoms with Crippen LogP contribution in [0.25, 0.3) is 0 Å². The van der Waals surface area contributed by atoms with Crippen molar-refractivity contribution in [3.05, 3.63) is 64.2 Å². The Morgan fingerprint density at radius 2 is 1.85 bits per heavy atom. The maximum Gasteiger partial charge on any atom is 0.269 e. The van der Waals surface area contributed by atoms with Crippen molar-refractivity contribution < 1.29 is 19.5 Å². The summed E-state index contributed by atoms with van der Waals surface area (Å²) in [5.74, 6) is 1.53. The van der Waals surface area contributed by atoms with Crippen LogP contribution in [-0.4, -0.2) is 35.4 Å². The molecule has 2 aromatic rings. The summed E-state index contributed by atoms with van der Waals surface area (Å²) in [5.41, 5.74) is 1.09. The Hall–Kier alpha value is -2.64. The number of para-hydroxylation sites is 2. The largest absolute Gasteiger partial charge is 0.486 e.